The smallest absolute Gasteiger partial charge is 0.0662 e. The van der Waals surface area contributed by atoms with Gasteiger partial charge in [0.2, 0.25) is 0 Å². The molecule has 0 aromatic heterocycles. The lowest BCUT2D eigenvalue weighted by molar-refractivity contribution is 0.371. The van der Waals surface area contributed by atoms with Gasteiger partial charge in [0.05, 0.1) is 5.70 Å². The predicted octanol–water partition coefficient (Wildman–Crippen LogP) is 3.29. The molecule has 0 radical (unpaired) electrons. The van der Waals surface area contributed by atoms with Crippen LogP contribution in [0.5, 0.6) is 0 Å². The quantitative estimate of drug-likeness (QED) is 0.565. The molecule has 2 aliphatic rings. The van der Waals surface area contributed by atoms with E-state index < -0.39 is 0 Å². The second-order valence-electron chi connectivity index (χ2n) is 3.46. The first-order chi connectivity index (χ1) is 5.92. The lowest BCUT2D eigenvalue weighted by Crippen LogP contribution is -2.18. The maximum absolute atomic E-state index is 4.15. The van der Waals surface area contributed by atoms with Crippen LogP contribution < -0.4 is 0 Å². The van der Waals surface area contributed by atoms with Gasteiger partial charge in [0.25, 0.3) is 0 Å². The number of rotatable bonds is 1. The third-order valence-electron chi connectivity index (χ3n) is 2.80. The normalized spacial score (nSPS) is 32.9. The zero-order chi connectivity index (χ0) is 8.39. The molecule has 0 aromatic carbocycles. The minimum Gasteiger partial charge on any atom is -0.159 e. The molecule has 0 saturated carbocycles. The third-order valence-corrected chi connectivity index (χ3v) is 2.80. The highest BCUT2D eigenvalue weighted by Crippen LogP contribution is 2.36. The van der Waals surface area contributed by atoms with Crippen molar-refractivity contribution in [1.29, 1.82) is 0 Å². The molecule has 0 spiro atoms. The van der Waals surface area contributed by atoms with Crippen LogP contribution >= 0.6 is 0 Å². The Kier molecular flexibility index (Phi) is 2.07. The van der Waals surface area contributed by atoms with E-state index >= 15 is 0 Å². The van der Waals surface area contributed by atoms with E-state index in [0.29, 0.717) is 5.92 Å². The number of hydrogen-bond donors (Lipinski definition) is 0. The molecular formula is C10H14N2. The van der Waals surface area contributed by atoms with Crippen LogP contribution in [0.15, 0.2) is 34.3 Å². The van der Waals surface area contributed by atoms with Gasteiger partial charge in [-0.05, 0) is 18.8 Å². The molecule has 0 amide bonds. The van der Waals surface area contributed by atoms with E-state index in [2.05, 4.69) is 29.3 Å². The molecule has 0 fully saturated rings. The number of hydrogen-bond acceptors (Lipinski definition) is 2. The standard InChI is InChI=1S/C10H14N2/c1-2-8-4-3-5-10-9(8)6-7-11-12-10/h5-9H,2-4H2,1H3. The van der Waals surface area contributed by atoms with Crippen molar-refractivity contribution in [2.75, 3.05) is 0 Å². The van der Waals surface area contributed by atoms with Crippen molar-refractivity contribution in [2.24, 2.45) is 22.1 Å². The fraction of sp³-hybridized carbons (Fsp3) is 0.600. The minimum atomic E-state index is 0.557. The molecule has 2 heteroatoms. The van der Waals surface area contributed by atoms with Crippen LogP contribution in [-0.4, -0.2) is 0 Å². The Hall–Kier alpha value is -0.920. The van der Waals surface area contributed by atoms with E-state index in [1.807, 2.05) is 6.20 Å². The number of allylic oxidation sites excluding steroid dienone is 2. The van der Waals surface area contributed by atoms with Gasteiger partial charge < -0.3 is 0 Å². The molecule has 12 heavy (non-hydrogen) atoms. The molecule has 1 aliphatic carbocycles. The van der Waals surface area contributed by atoms with Crippen LogP contribution in [0.4, 0.5) is 0 Å². The van der Waals surface area contributed by atoms with Gasteiger partial charge in [0, 0.05) is 12.1 Å². The maximum Gasteiger partial charge on any atom is 0.0662 e. The Morgan fingerprint density at radius 2 is 2.50 bits per heavy atom. The summed E-state index contributed by atoms with van der Waals surface area (Å²) in [7, 11) is 0. The van der Waals surface area contributed by atoms with Gasteiger partial charge >= 0.3 is 0 Å². The Morgan fingerprint density at radius 3 is 3.33 bits per heavy atom. The topological polar surface area (TPSA) is 24.7 Å². The van der Waals surface area contributed by atoms with E-state index in [9.17, 15) is 0 Å². The molecule has 2 nitrogen and oxygen atoms in total. The van der Waals surface area contributed by atoms with Gasteiger partial charge in [-0.2, -0.15) is 10.2 Å². The second kappa shape index (κ2) is 3.21. The molecule has 2 unspecified atom stereocenters. The van der Waals surface area contributed by atoms with Crippen LogP contribution in [0.2, 0.25) is 0 Å². The van der Waals surface area contributed by atoms with Gasteiger partial charge in [-0.1, -0.05) is 25.5 Å². The molecule has 1 heterocycles. The fourth-order valence-corrected chi connectivity index (χ4v) is 2.05. The molecule has 0 saturated heterocycles. The second-order valence-corrected chi connectivity index (χ2v) is 3.46. The van der Waals surface area contributed by atoms with Gasteiger partial charge in [0.15, 0.2) is 0 Å². The Morgan fingerprint density at radius 1 is 1.58 bits per heavy atom. The highest BCUT2D eigenvalue weighted by molar-refractivity contribution is 5.18. The van der Waals surface area contributed by atoms with E-state index in [4.69, 9.17) is 0 Å². The van der Waals surface area contributed by atoms with E-state index in [1.165, 1.54) is 25.0 Å². The van der Waals surface area contributed by atoms with Crippen molar-refractivity contribution in [1.82, 2.24) is 0 Å². The largest absolute Gasteiger partial charge is 0.159 e. The summed E-state index contributed by atoms with van der Waals surface area (Å²) >= 11 is 0. The molecule has 0 N–H and O–H groups in total. The Bertz CT molecular complexity index is 251. The van der Waals surface area contributed by atoms with Crippen molar-refractivity contribution < 1.29 is 0 Å². The fourth-order valence-electron chi connectivity index (χ4n) is 2.05. The first kappa shape index (κ1) is 7.71. The summed E-state index contributed by atoms with van der Waals surface area (Å²) in [5.41, 5.74) is 1.19. The third kappa shape index (κ3) is 1.22. The lowest BCUT2D eigenvalue weighted by Gasteiger charge is -2.28. The van der Waals surface area contributed by atoms with Crippen molar-refractivity contribution in [3.8, 4) is 0 Å². The van der Waals surface area contributed by atoms with Crippen molar-refractivity contribution in [3.05, 3.63) is 24.0 Å². The van der Waals surface area contributed by atoms with E-state index in [1.54, 1.807) is 0 Å². The van der Waals surface area contributed by atoms with Crippen molar-refractivity contribution in [2.45, 2.75) is 26.2 Å². The highest BCUT2D eigenvalue weighted by Gasteiger charge is 2.25. The van der Waals surface area contributed by atoms with E-state index in [-0.39, 0.29) is 0 Å². The van der Waals surface area contributed by atoms with Crippen LogP contribution in [0.25, 0.3) is 0 Å². The summed E-state index contributed by atoms with van der Waals surface area (Å²) in [5, 5.41) is 8.06. The summed E-state index contributed by atoms with van der Waals surface area (Å²) in [6, 6.07) is 0. The van der Waals surface area contributed by atoms with Gasteiger partial charge in [-0.15, -0.1) is 0 Å². The number of azo groups is 1. The van der Waals surface area contributed by atoms with Gasteiger partial charge in [-0.25, -0.2) is 0 Å². The van der Waals surface area contributed by atoms with Crippen molar-refractivity contribution in [3.63, 3.8) is 0 Å². The summed E-state index contributed by atoms with van der Waals surface area (Å²) in [6.07, 6.45) is 9.98. The average Bonchev–Trinajstić information content (AvgIpc) is 2.17. The SMILES string of the molecule is CCC1CCC=C2N=NC=CC21. The lowest BCUT2D eigenvalue weighted by atomic mass is 9.80. The predicted molar refractivity (Wildman–Crippen MR) is 48.6 cm³/mol. The number of fused-ring (bicyclic) bond motifs is 1. The van der Waals surface area contributed by atoms with Crippen molar-refractivity contribution >= 4 is 0 Å². The molecule has 0 bridgehead atoms. The molecule has 1 aliphatic heterocycles. The Labute approximate surface area is 73.1 Å². The van der Waals surface area contributed by atoms with Gasteiger partial charge in [-0.3, -0.25) is 0 Å². The molecule has 0 aromatic rings. The average molecular weight is 162 g/mol. The van der Waals surface area contributed by atoms with Crippen LogP contribution in [0, 0.1) is 11.8 Å². The van der Waals surface area contributed by atoms with Crippen LogP contribution in [-0.2, 0) is 0 Å². The summed E-state index contributed by atoms with van der Waals surface area (Å²) in [6.45, 7) is 2.26. The first-order valence-corrected chi connectivity index (χ1v) is 4.69. The first-order valence-electron chi connectivity index (χ1n) is 4.69. The van der Waals surface area contributed by atoms with E-state index in [0.717, 1.165) is 5.92 Å². The minimum absolute atomic E-state index is 0.557. The highest BCUT2D eigenvalue weighted by atomic mass is 15.1. The zero-order valence-electron chi connectivity index (χ0n) is 7.40. The Balaban J connectivity index is 2.23. The molecule has 64 valence electrons. The van der Waals surface area contributed by atoms with Crippen LogP contribution in [0.1, 0.15) is 26.2 Å². The zero-order valence-corrected chi connectivity index (χ0v) is 7.40. The number of nitrogens with zero attached hydrogens (tertiary/aromatic N) is 2. The van der Waals surface area contributed by atoms with Crippen LogP contribution in [0.3, 0.4) is 0 Å². The van der Waals surface area contributed by atoms with Gasteiger partial charge in [0.1, 0.15) is 0 Å². The maximum atomic E-state index is 4.15. The summed E-state index contributed by atoms with van der Waals surface area (Å²) < 4.78 is 0. The molecule has 2 rings (SSSR count). The molecular weight excluding hydrogens is 148 g/mol. The molecule has 2 atom stereocenters. The summed E-state index contributed by atoms with van der Waals surface area (Å²) in [4.78, 5) is 0. The monoisotopic (exact) mass is 162 g/mol. The summed E-state index contributed by atoms with van der Waals surface area (Å²) in [5.74, 6) is 1.35.